The molecule has 0 saturated carbocycles. The molecule has 0 aliphatic carbocycles. The lowest BCUT2D eigenvalue weighted by atomic mass is 9.67. The van der Waals surface area contributed by atoms with E-state index in [2.05, 4.69) is 83.1 Å². The first-order valence-electron chi connectivity index (χ1n) is 13.5. The monoisotopic (exact) mass is 436 g/mol. The molecule has 2 heteroatoms. The molecule has 0 aromatic rings. The minimum Gasteiger partial charge on any atom is -0.496 e. The van der Waals surface area contributed by atoms with Crippen molar-refractivity contribution in [2.75, 3.05) is 0 Å². The Kier molecular flexibility index (Phi) is 12.0. The highest BCUT2D eigenvalue weighted by molar-refractivity contribution is 6.52. The van der Waals surface area contributed by atoms with Gasteiger partial charge in [-0.25, -0.2) is 0 Å². The number of hydrogen-bond donors (Lipinski definition) is 0. The van der Waals surface area contributed by atoms with Crippen molar-refractivity contribution in [2.24, 2.45) is 53.3 Å². The van der Waals surface area contributed by atoms with Gasteiger partial charge < -0.3 is 3.79 Å². The standard InChI is InChI=1S/C22H44O.C6H13.Al/c1-11-21(12-18(8)15(2)3)22(23,13-19(9)16(4)5)14-20(10)17(6)7;1-5(2)6(3)4;/h15-21H,1,11-14H2,2-10H3;5-6H,1H2,2-4H3;/q-1;;+1. The lowest BCUT2D eigenvalue weighted by molar-refractivity contribution is -0.0668. The third-order valence-electron chi connectivity index (χ3n) is 9.16. The second kappa shape index (κ2) is 12.7. The first-order chi connectivity index (χ1) is 13.8. The Morgan fingerprint density at radius 1 is 0.667 bits per heavy atom. The van der Waals surface area contributed by atoms with Crippen LogP contribution in [0.15, 0.2) is 0 Å². The zero-order valence-electron chi connectivity index (χ0n) is 22.9. The molecule has 1 nitrogen and oxygen atoms in total. The molecular formula is C28H57AlO. The molecule has 1 rings (SSSR count). The van der Waals surface area contributed by atoms with Crippen molar-refractivity contribution < 1.29 is 3.79 Å². The molecule has 1 heterocycles. The van der Waals surface area contributed by atoms with Gasteiger partial charge in [0.15, 0.2) is 0 Å². The predicted octanol–water partition coefficient (Wildman–Crippen LogP) is 9.09. The molecule has 0 aromatic heterocycles. The first-order valence-corrected chi connectivity index (χ1v) is 15.6. The fourth-order valence-corrected chi connectivity index (χ4v) is 8.76. The van der Waals surface area contributed by atoms with E-state index >= 15 is 0 Å². The molecule has 178 valence electrons. The zero-order chi connectivity index (χ0) is 23.2. The van der Waals surface area contributed by atoms with Crippen LogP contribution in [-0.2, 0) is 3.79 Å². The number of rotatable bonds is 12. The largest absolute Gasteiger partial charge is 0.496 e. The highest BCUT2D eigenvalue weighted by Gasteiger charge is 2.48. The summed E-state index contributed by atoms with van der Waals surface area (Å²) in [5, 5.41) is 2.78. The van der Waals surface area contributed by atoms with Crippen molar-refractivity contribution in [3.63, 3.8) is 0 Å². The topological polar surface area (TPSA) is 9.23 Å². The van der Waals surface area contributed by atoms with E-state index in [1.165, 1.54) is 36.2 Å². The SMILES string of the molecule is CC(C)C(C)CC1C[CH2][Al]([CH2]C(C)C(C)C)[O]C1(CC(C)C(C)C)CC(C)C(C)C. The van der Waals surface area contributed by atoms with Crippen molar-refractivity contribution in [3.8, 4) is 0 Å². The highest BCUT2D eigenvalue weighted by atomic mass is 27.2. The molecule has 1 saturated heterocycles. The van der Waals surface area contributed by atoms with Crippen molar-refractivity contribution in [1.82, 2.24) is 0 Å². The summed E-state index contributed by atoms with van der Waals surface area (Å²) in [6.45, 7) is 29.2. The minimum atomic E-state index is -1.15. The normalized spacial score (nSPS) is 27.2. The Morgan fingerprint density at radius 2 is 1.10 bits per heavy atom. The Morgan fingerprint density at radius 3 is 1.50 bits per heavy atom. The molecular weight excluding hydrogens is 379 g/mol. The van der Waals surface area contributed by atoms with Gasteiger partial charge in [0.05, 0.1) is 0 Å². The van der Waals surface area contributed by atoms with Crippen molar-refractivity contribution in [1.29, 1.82) is 0 Å². The second-order valence-electron chi connectivity index (χ2n) is 12.8. The Balaban J connectivity index is 3.25. The Bertz CT molecular complexity index is 453. The average molecular weight is 437 g/mol. The number of hydrogen-bond acceptors (Lipinski definition) is 1. The summed E-state index contributed by atoms with van der Waals surface area (Å²) < 4.78 is 7.47. The molecule has 1 aliphatic heterocycles. The van der Waals surface area contributed by atoms with Crippen LogP contribution < -0.4 is 0 Å². The smallest absolute Gasteiger partial charge is 0.461 e. The van der Waals surface area contributed by atoms with Crippen LogP contribution >= 0.6 is 0 Å². The van der Waals surface area contributed by atoms with Gasteiger partial charge in [-0.2, -0.15) is 0 Å². The van der Waals surface area contributed by atoms with Gasteiger partial charge in [0.1, 0.15) is 0 Å². The highest BCUT2D eigenvalue weighted by Crippen LogP contribution is 2.48. The van der Waals surface area contributed by atoms with Crippen LogP contribution in [0.2, 0.25) is 10.6 Å². The molecule has 1 aliphatic rings. The summed E-state index contributed by atoms with van der Waals surface area (Å²) in [6.07, 6.45) is 5.33. The van der Waals surface area contributed by atoms with E-state index in [0.717, 1.165) is 53.3 Å². The fourth-order valence-electron chi connectivity index (χ4n) is 5.12. The van der Waals surface area contributed by atoms with Crippen LogP contribution in [0, 0.1) is 53.3 Å². The van der Waals surface area contributed by atoms with E-state index in [4.69, 9.17) is 3.79 Å². The van der Waals surface area contributed by atoms with Crippen LogP contribution in [-0.4, -0.2) is 20.1 Å². The van der Waals surface area contributed by atoms with Gasteiger partial charge in [0.2, 0.25) is 0 Å². The fraction of sp³-hybridized carbons (Fsp3) is 1.00. The zero-order valence-corrected chi connectivity index (χ0v) is 24.1. The molecule has 1 fully saturated rings. The summed E-state index contributed by atoms with van der Waals surface area (Å²) in [5.74, 6) is 6.81. The molecule has 0 amide bonds. The van der Waals surface area contributed by atoms with Crippen LogP contribution in [0.3, 0.4) is 0 Å². The van der Waals surface area contributed by atoms with Gasteiger partial charge in [-0.15, -0.1) is 0 Å². The molecule has 0 aromatic carbocycles. The summed E-state index contributed by atoms with van der Waals surface area (Å²) in [7, 11) is 0. The van der Waals surface area contributed by atoms with Crippen molar-refractivity contribution >= 4 is 14.5 Å². The van der Waals surface area contributed by atoms with Crippen LogP contribution in [0.25, 0.3) is 0 Å². The maximum Gasteiger partial charge on any atom is 0.461 e. The summed E-state index contributed by atoms with van der Waals surface area (Å²) in [6, 6.07) is 0. The quantitative estimate of drug-likeness (QED) is 0.277. The van der Waals surface area contributed by atoms with Gasteiger partial charge >= 0.3 is 14.5 Å². The lowest BCUT2D eigenvalue weighted by Crippen LogP contribution is -2.52. The van der Waals surface area contributed by atoms with E-state index in [9.17, 15) is 0 Å². The van der Waals surface area contributed by atoms with E-state index in [-0.39, 0.29) is 5.60 Å². The minimum absolute atomic E-state index is 0.127. The molecule has 0 spiro atoms. The molecule has 0 bridgehead atoms. The summed E-state index contributed by atoms with van der Waals surface area (Å²) >= 11 is -1.15. The molecule has 0 radical (unpaired) electrons. The van der Waals surface area contributed by atoms with E-state index in [1.807, 2.05) is 0 Å². The van der Waals surface area contributed by atoms with Crippen LogP contribution in [0.5, 0.6) is 0 Å². The second-order valence-corrected chi connectivity index (χ2v) is 15.4. The van der Waals surface area contributed by atoms with Crippen LogP contribution in [0.4, 0.5) is 0 Å². The Labute approximate surface area is 196 Å². The van der Waals surface area contributed by atoms with Crippen molar-refractivity contribution in [3.05, 3.63) is 0 Å². The summed E-state index contributed by atoms with van der Waals surface area (Å²) in [5.41, 5.74) is 0.127. The Hall–Kier alpha value is 0.492. The average Bonchev–Trinajstić information content (AvgIpc) is 2.63. The lowest BCUT2D eigenvalue weighted by Gasteiger charge is -2.52. The molecule has 0 N–H and O–H groups in total. The maximum absolute atomic E-state index is 7.47. The van der Waals surface area contributed by atoms with E-state index in [0.29, 0.717) is 0 Å². The first kappa shape index (κ1) is 28.5. The third kappa shape index (κ3) is 8.45. The van der Waals surface area contributed by atoms with Gasteiger partial charge in [-0.3, -0.25) is 0 Å². The molecule has 30 heavy (non-hydrogen) atoms. The summed E-state index contributed by atoms with van der Waals surface area (Å²) in [4.78, 5) is 0. The van der Waals surface area contributed by atoms with Crippen LogP contribution in [0.1, 0.15) is 109 Å². The van der Waals surface area contributed by atoms with Crippen molar-refractivity contribution in [2.45, 2.75) is 125 Å². The van der Waals surface area contributed by atoms with Gasteiger partial charge in [-0.05, 0) is 66.6 Å². The third-order valence-corrected chi connectivity index (χ3v) is 12.2. The molecule has 5 unspecified atom stereocenters. The van der Waals surface area contributed by atoms with E-state index in [1.54, 1.807) is 0 Å². The maximum atomic E-state index is 7.47. The van der Waals surface area contributed by atoms with Gasteiger partial charge in [-0.1, -0.05) is 106 Å². The van der Waals surface area contributed by atoms with E-state index < -0.39 is 14.5 Å². The molecule has 5 atom stereocenters. The predicted molar refractivity (Wildman–Crippen MR) is 137 cm³/mol. The van der Waals surface area contributed by atoms with Gasteiger partial charge in [0, 0.05) is 5.60 Å². The van der Waals surface area contributed by atoms with Gasteiger partial charge in [0.25, 0.3) is 0 Å².